The van der Waals surface area contributed by atoms with Crippen LogP contribution in [-0.4, -0.2) is 18.9 Å². The van der Waals surface area contributed by atoms with Gasteiger partial charge in [0, 0.05) is 0 Å². The molecule has 0 saturated carbocycles. The van der Waals surface area contributed by atoms with Crippen molar-refractivity contribution in [3.63, 3.8) is 0 Å². The van der Waals surface area contributed by atoms with Crippen molar-refractivity contribution >= 4 is 0 Å². The van der Waals surface area contributed by atoms with Crippen LogP contribution in [-0.2, 0) is 22.7 Å². The largest absolute Gasteiger partial charge is 0.346 e. The zero-order valence-corrected chi connectivity index (χ0v) is 9.62. The molecule has 92 valence electrons. The van der Waals surface area contributed by atoms with Gasteiger partial charge >= 0.3 is 0 Å². The van der Waals surface area contributed by atoms with Crippen LogP contribution in [0.15, 0.2) is 18.2 Å². The minimum absolute atomic E-state index is 0.215. The van der Waals surface area contributed by atoms with Crippen molar-refractivity contribution in [1.29, 1.82) is 0 Å². The first-order valence-electron chi connectivity index (χ1n) is 6.07. The SMILES string of the molecule is Fc1ccc2c(c1)COC(C1CCCN1)OC2. The molecule has 17 heavy (non-hydrogen) atoms. The van der Waals surface area contributed by atoms with Crippen LogP contribution in [0.1, 0.15) is 24.0 Å². The molecule has 4 heteroatoms. The van der Waals surface area contributed by atoms with Crippen LogP contribution in [0.4, 0.5) is 4.39 Å². The van der Waals surface area contributed by atoms with E-state index in [1.54, 1.807) is 6.07 Å². The Morgan fingerprint density at radius 1 is 1.18 bits per heavy atom. The minimum Gasteiger partial charge on any atom is -0.346 e. The molecule has 1 aromatic rings. The van der Waals surface area contributed by atoms with Gasteiger partial charge in [0.05, 0.1) is 19.3 Å². The van der Waals surface area contributed by atoms with Gasteiger partial charge in [-0.25, -0.2) is 4.39 Å². The maximum atomic E-state index is 13.1. The van der Waals surface area contributed by atoms with Crippen LogP contribution in [0.5, 0.6) is 0 Å². The Kier molecular flexibility index (Phi) is 3.09. The molecule has 3 nitrogen and oxygen atoms in total. The first kappa shape index (κ1) is 11.1. The molecule has 3 rings (SSSR count). The van der Waals surface area contributed by atoms with Gasteiger partial charge in [0.15, 0.2) is 6.29 Å². The predicted molar refractivity (Wildman–Crippen MR) is 60.8 cm³/mol. The van der Waals surface area contributed by atoms with Gasteiger partial charge in [0.25, 0.3) is 0 Å². The summed E-state index contributed by atoms with van der Waals surface area (Å²) in [6.45, 7) is 1.95. The van der Waals surface area contributed by atoms with Gasteiger partial charge in [0.1, 0.15) is 5.82 Å². The monoisotopic (exact) mass is 237 g/mol. The molecule has 0 spiro atoms. The summed E-state index contributed by atoms with van der Waals surface area (Å²) < 4.78 is 24.6. The summed E-state index contributed by atoms with van der Waals surface area (Å²) in [4.78, 5) is 0. The predicted octanol–water partition coefficient (Wildman–Crippen LogP) is 1.95. The third-order valence-corrected chi connectivity index (χ3v) is 3.40. The van der Waals surface area contributed by atoms with E-state index in [9.17, 15) is 4.39 Å². The second-order valence-corrected chi connectivity index (χ2v) is 4.61. The van der Waals surface area contributed by atoms with Gasteiger partial charge in [-0.15, -0.1) is 0 Å². The van der Waals surface area contributed by atoms with Crippen molar-refractivity contribution in [2.45, 2.75) is 38.4 Å². The van der Waals surface area contributed by atoms with Crippen LogP contribution in [0.2, 0.25) is 0 Å². The summed E-state index contributed by atoms with van der Waals surface area (Å²) in [5, 5.41) is 3.37. The van der Waals surface area contributed by atoms with Crippen molar-refractivity contribution in [3.8, 4) is 0 Å². The molecule has 0 radical (unpaired) electrons. The third-order valence-electron chi connectivity index (χ3n) is 3.40. The Morgan fingerprint density at radius 2 is 2.00 bits per heavy atom. The van der Waals surface area contributed by atoms with Crippen molar-refractivity contribution in [2.75, 3.05) is 6.54 Å². The van der Waals surface area contributed by atoms with Crippen molar-refractivity contribution in [3.05, 3.63) is 35.1 Å². The molecule has 0 bridgehead atoms. The molecule has 0 amide bonds. The lowest BCUT2D eigenvalue weighted by molar-refractivity contribution is -0.163. The molecule has 1 aromatic carbocycles. The van der Waals surface area contributed by atoms with E-state index in [0.29, 0.717) is 13.2 Å². The number of rotatable bonds is 1. The lowest BCUT2D eigenvalue weighted by atomic mass is 10.1. The second-order valence-electron chi connectivity index (χ2n) is 4.61. The van der Waals surface area contributed by atoms with Gasteiger partial charge in [-0.2, -0.15) is 0 Å². The quantitative estimate of drug-likeness (QED) is 0.809. The molecule has 0 aromatic heterocycles. The first-order chi connectivity index (χ1) is 8.33. The van der Waals surface area contributed by atoms with Crippen LogP contribution in [0.3, 0.4) is 0 Å². The molecule has 1 fully saturated rings. The van der Waals surface area contributed by atoms with Crippen molar-refractivity contribution in [2.24, 2.45) is 0 Å². The number of benzene rings is 1. The highest BCUT2D eigenvalue weighted by Crippen LogP contribution is 2.23. The van der Waals surface area contributed by atoms with Crippen LogP contribution < -0.4 is 5.32 Å². The van der Waals surface area contributed by atoms with Crippen LogP contribution in [0.25, 0.3) is 0 Å². The summed E-state index contributed by atoms with van der Waals surface area (Å²) in [6, 6.07) is 5.05. The van der Waals surface area contributed by atoms with Gasteiger partial charge in [0.2, 0.25) is 0 Å². The topological polar surface area (TPSA) is 30.5 Å². The molecule has 0 aliphatic carbocycles. The molecule has 1 saturated heterocycles. The van der Waals surface area contributed by atoms with Gasteiger partial charge < -0.3 is 14.8 Å². The maximum Gasteiger partial charge on any atom is 0.173 e. The fourth-order valence-corrected chi connectivity index (χ4v) is 2.44. The smallest absolute Gasteiger partial charge is 0.173 e. The Hall–Kier alpha value is -0.970. The minimum atomic E-state index is -0.218. The molecule has 2 aliphatic rings. The maximum absolute atomic E-state index is 13.1. The lowest BCUT2D eigenvalue weighted by Gasteiger charge is -2.21. The van der Waals surface area contributed by atoms with Crippen molar-refractivity contribution < 1.29 is 13.9 Å². The van der Waals surface area contributed by atoms with Crippen LogP contribution >= 0.6 is 0 Å². The average Bonchev–Trinajstić information content (AvgIpc) is 2.77. The summed E-state index contributed by atoms with van der Waals surface area (Å²) in [5.41, 5.74) is 1.91. The van der Waals surface area contributed by atoms with E-state index in [1.807, 2.05) is 0 Å². The zero-order chi connectivity index (χ0) is 11.7. The molecular weight excluding hydrogens is 221 g/mol. The van der Waals surface area contributed by atoms with E-state index in [1.165, 1.54) is 12.1 Å². The van der Waals surface area contributed by atoms with E-state index in [0.717, 1.165) is 30.5 Å². The number of hydrogen-bond acceptors (Lipinski definition) is 3. The summed E-state index contributed by atoms with van der Waals surface area (Å²) in [7, 11) is 0. The van der Waals surface area contributed by atoms with E-state index in [4.69, 9.17) is 9.47 Å². The normalized spacial score (nSPS) is 28.8. The molecular formula is C13H16FNO2. The standard InChI is InChI=1S/C13H16FNO2/c14-11-4-3-9-7-16-13(12-2-1-5-15-12)17-8-10(9)6-11/h3-4,6,12-13,15H,1-2,5,7-8H2. The highest BCUT2D eigenvalue weighted by atomic mass is 19.1. The van der Waals surface area contributed by atoms with E-state index in [-0.39, 0.29) is 18.1 Å². The second kappa shape index (κ2) is 4.72. The van der Waals surface area contributed by atoms with Gasteiger partial charge in [-0.05, 0) is 42.6 Å². The summed E-state index contributed by atoms with van der Waals surface area (Å²) in [5.74, 6) is -0.218. The summed E-state index contributed by atoms with van der Waals surface area (Å²) >= 11 is 0. The molecule has 2 aliphatic heterocycles. The summed E-state index contributed by atoms with van der Waals surface area (Å²) in [6.07, 6.45) is 2.03. The number of hydrogen-bond donors (Lipinski definition) is 1. The van der Waals surface area contributed by atoms with Gasteiger partial charge in [-0.1, -0.05) is 6.07 Å². The fourth-order valence-electron chi connectivity index (χ4n) is 2.44. The Morgan fingerprint density at radius 3 is 2.76 bits per heavy atom. The zero-order valence-electron chi connectivity index (χ0n) is 9.62. The third kappa shape index (κ3) is 2.34. The molecule has 2 unspecified atom stereocenters. The molecule has 2 atom stereocenters. The fraction of sp³-hybridized carbons (Fsp3) is 0.538. The van der Waals surface area contributed by atoms with E-state index >= 15 is 0 Å². The van der Waals surface area contributed by atoms with E-state index < -0.39 is 0 Å². The Labute approximate surface area is 99.9 Å². The highest BCUT2D eigenvalue weighted by molar-refractivity contribution is 5.27. The average molecular weight is 237 g/mol. The number of ether oxygens (including phenoxy) is 2. The van der Waals surface area contributed by atoms with Gasteiger partial charge in [-0.3, -0.25) is 0 Å². The number of halogens is 1. The molecule has 2 heterocycles. The van der Waals surface area contributed by atoms with E-state index in [2.05, 4.69) is 5.32 Å². The van der Waals surface area contributed by atoms with Crippen LogP contribution in [0, 0.1) is 5.82 Å². The Balaban J connectivity index is 1.74. The Bertz CT molecular complexity index is 404. The first-order valence-corrected chi connectivity index (χ1v) is 6.07. The molecule has 1 N–H and O–H groups in total. The number of fused-ring (bicyclic) bond motifs is 1. The van der Waals surface area contributed by atoms with Crippen molar-refractivity contribution in [1.82, 2.24) is 5.32 Å². The highest BCUT2D eigenvalue weighted by Gasteiger charge is 2.28. The number of nitrogens with one attached hydrogen (secondary N) is 1. The lowest BCUT2D eigenvalue weighted by Crippen LogP contribution is -2.37.